The molecule has 2 heterocycles. The minimum absolute atomic E-state index is 0.0247. The summed E-state index contributed by atoms with van der Waals surface area (Å²) in [6, 6.07) is 19.7. The summed E-state index contributed by atoms with van der Waals surface area (Å²) in [6.07, 6.45) is 2.43. The number of pyridine rings is 1. The van der Waals surface area contributed by atoms with Crippen LogP contribution in [-0.2, 0) is 4.79 Å². The molecule has 1 aliphatic heterocycles. The molecular weight excluding hydrogens is 350 g/mol. The van der Waals surface area contributed by atoms with Crippen molar-refractivity contribution in [1.82, 2.24) is 4.90 Å². The first-order valence-corrected chi connectivity index (χ1v) is 9.72. The van der Waals surface area contributed by atoms with Gasteiger partial charge in [-0.05, 0) is 22.9 Å². The molecule has 1 aliphatic rings. The van der Waals surface area contributed by atoms with Gasteiger partial charge < -0.3 is 4.90 Å². The van der Waals surface area contributed by atoms with E-state index >= 15 is 0 Å². The van der Waals surface area contributed by atoms with E-state index in [-0.39, 0.29) is 24.5 Å². The lowest BCUT2D eigenvalue weighted by Crippen LogP contribution is -2.50. The van der Waals surface area contributed by atoms with Crippen LogP contribution in [-0.4, -0.2) is 42.8 Å². The van der Waals surface area contributed by atoms with Crippen LogP contribution in [0.15, 0.2) is 66.9 Å². The second-order valence-electron chi connectivity index (χ2n) is 7.10. The van der Waals surface area contributed by atoms with Gasteiger partial charge in [0, 0.05) is 24.5 Å². The third-order valence-electron chi connectivity index (χ3n) is 5.30. The molecule has 1 fully saturated rings. The fraction of sp³-hybridized carbons (Fsp3) is 0.261. The van der Waals surface area contributed by atoms with Crippen LogP contribution in [0.3, 0.4) is 0 Å². The lowest BCUT2D eigenvalue weighted by Gasteiger charge is -2.31. The number of Topliss-reactive ketones (excluding diaryl/α,β-unsaturated/α-hetero) is 1. The fourth-order valence-electron chi connectivity index (χ4n) is 3.66. The van der Waals surface area contributed by atoms with E-state index in [2.05, 4.69) is 9.88 Å². The van der Waals surface area contributed by atoms with Crippen LogP contribution < -0.4 is 9.88 Å². The predicted molar refractivity (Wildman–Crippen MR) is 109 cm³/mol. The zero-order chi connectivity index (χ0) is 19.3. The standard InChI is InChI=1S/C23H23N3O2/c27-21(20-9-8-18-5-1-2-6-19(18)17-20)10-11-23(28)26-15-13-25(14-16-26)22-7-3-4-12-24-22/h1-9,12,17H,10-11,13-16H2/p+1. The van der Waals surface area contributed by atoms with Crippen molar-refractivity contribution in [3.63, 3.8) is 0 Å². The molecule has 28 heavy (non-hydrogen) atoms. The summed E-state index contributed by atoms with van der Waals surface area (Å²) in [5.41, 5.74) is 0.677. The molecule has 1 saturated heterocycles. The quantitative estimate of drug-likeness (QED) is 0.645. The van der Waals surface area contributed by atoms with E-state index < -0.39 is 0 Å². The molecule has 1 amide bonds. The second kappa shape index (κ2) is 8.21. The van der Waals surface area contributed by atoms with Crippen LogP contribution in [0.2, 0.25) is 0 Å². The average Bonchev–Trinajstić information content (AvgIpc) is 2.77. The first kappa shape index (κ1) is 18.2. The number of H-pyrrole nitrogens is 1. The maximum Gasteiger partial charge on any atom is 0.274 e. The van der Waals surface area contributed by atoms with Crippen LogP contribution in [0.1, 0.15) is 23.2 Å². The number of aromatic amines is 1. The van der Waals surface area contributed by atoms with Gasteiger partial charge in [0.2, 0.25) is 5.91 Å². The molecule has 3 aromatic rings. The lowest BCUT2D eigenvalue weighted by molar-refractivity contribution is -0.364. The Morgan fingerprint density at radius 2 is 1.57 bits per heavy atom. The maximum absolute atomic E-state index is 12.5. The molecule has 1 aromatic heterocycles. The SMILES string of the molecule is O=C(CCC(=O)N1CCN(c2cccc[nH+]2)CC1)c1ccc2ccccc2c1. The third-order valence-corrected chi connectivity index (χ3v) is 5.30. The van der Waals surface area contributed by atoms with E-state index in [4.69, 9.17) is 0 Å². The van der Waals surface area contributed by atoms with Gasteiger partial charge >= 0.3 is 0 Å². The molecule has 1 N–H and O–H groups in total. The third kappa shape index (κ3) is 4.03. The Morgan fingerprint density at radius 3 is 2.32 bits per heavy atom. The molecule has 2 aromatic carbocycles. The molecule has 5 nitrogen and oxygen atoms in total. The smallest absolute Gasteiger partial charge is 0.274 e. The largest absolute Gasteiger partial charge is 0.335 e. The second-order valence-corrected chi connectivity index (χ2v) is 7.10. The maximum atomic E-state index is 12.5. The number of amides is 1. The molecule has 142 valence electrons. The molecule has 4 rings (SSSR count). The van der Waals surface area contributed by atoms with Crippen LogP contribution >= 0.6 is 0 Å². The molecule has 5 heteroatoms. The predicted octanol–water partition coefficient (Wildman–Crippen LogP) is 2.97. The van der Waals surface area contributed by atoms with Crippen LogP contribution in [0.4, 0.5) is 5.82 Å². The van der Waals surface area contributed by atoms with Crippen LogP contribution in [0.25, 0.3) is 10.8 Å². The van der Waals surface area contributed by atoms with E-state index in [9.17, 15) is 9.59 Å². The summed E-state index contributed by atoms with van der Waals surface area (Å²) < 4.78 is 0. The van der Waals surface area contributed by atoms with Crippen molar-refractivity contribution < 1.29 is 14.6 Å². The Labute approximate surface area is 164 Å². The Hall–Kier alpha value is -3.21. The Balaban J connectivity index is 1.30. The van der Waals surface area contributed by atoms with Crippen molar-refractivity contribution in [2.45, 2.75) is 12.8 Å². The molecule has 0 aliphatic carbocycles. The number of hydrogen-bond acceptors (Lipinski definition) is 3. The highest BCUT2D eigenvalue weighted by molar-refractivity contribution is 6.01. The lowest BCUT2D eigenvalue weighted by atomic mass is 10.0. The zero-order valence-electron chi connectivity index (χ0n) is 15.8. The molecule has 0 spiro atoms. The van der Waals surface area contributed by atoms with Gasteiger partial charge in [0.05, 0.1) is 19.3 Å². The summed E-state index contributed by atoms with van der Waals surface area (Å²) in [5.74, 6) is 1.16. The summed E-state index contributed by atoms with van der Waals surface area (Å²) in [7, 11) is 0. The van der Waals surface area contributed by atoms with Gasteiger partial charge in [-0.3, -0.25) is 14.5 Å². The van der Waals surface area contributed by atoms with E-state index in [1.165, 1.54) is 0 Å². The number of carbonyl (C=O) groups is 2. The first-order chi connectivity index (χ1) is 13.7. The molecule has 0 unspecified atom stereocenters. The van der Waals surface area contributed by atoms with Gasteiger partial charge in [-0.1, -0.05) is 42.5 Å². The molecule has 0 saturated carbocycles. The normalized spacial score (nSPS) is 14.3. The summed E-state index contributed by atoms with van der Waals surface area (Å²) in [6.45, 7) is 2.97. The number of benzene rings is 2. The minimum atomic E-state index is 0.0247. The number of hydrogen-bond donors (Lipinski definition) is 0. The highest BCUT2D eigenvalue weighted by Crippen LogP contribution is 2.18. The first-order valence-electron chi connectivity index (χ1n) is 9.72. The van der Waals surface area contributed by atoms with Gasteiger partial charge in [-0.25, -0.2) is 4.98 Å². The molecule has 0 radical (unpaired) electrons. The molecular formula is C23H24N3O2+. The van der Waals surface area contributed by atoms with Crippen molar-refractivity contribution in [2.24, 2.45) is 0 Å². The van der Waals surface area contributed by atoms with Gasteiger partial charge in [-0.15, -0.1) is 0 Å². The molecule has 0 atom stereocenters. The fourth-order valence-corrected chi connectivity index (χ4v) is 3.66. The van der Waals surface area contributed by atoms with E-state index in [0.29, 0.717) is 18.7 Å². The Bertz CT molecular complexity index is 979. The highest BCUT2D eigenvalue weighted by atomic mass is 16.2. The molecule has 0 bridgehead atoms. The number of anilines is 1. The van der Waals surface area contributed by atoms with Crippen molar-refractivity contribution in [3.8, 4) is 0 Å². The van der Waals surface area contributed by atoms with Crippen molar-refractivity contribution in [3.05, 3.63) is 72.4 Å². The van der Waals surface area contributed by atoms with Gasteiger partial charge in [-0.2, -0.15) is 0 Å². The minimum Gasteiger partial charge on any atom is -0.335 e. The van der Waals surface area contributed by atoms with E-state index in [1.807, 2.05) is 71.8 Å². The number of fused-ring (bicyclic) bond motifs is 1. The van der Waals surface area contributed by atoms with Gasteiger partial charge in [0.1, 0.15) is 13.1 Å². The van der Waals surface area contributed by atoms with Gasteiger partial charge in [0.25, 0.3) is 5.82 Å². The van der Waals surface area contributed by atoms with Crippen molar-refractivity contribution >= 4 is 28.3 Å². The summed E-state index contributed by atoms with van der Waals surface area (Å²) >= 11 is 0. The number of rotatable bonds is 5. The monoisotopic (exact) mass is 374 g/mol. The summed E-state index contributed by atoms with van der Waals surface area (Å²) in [5, 5.41) is 2.16. The topological polar surface area (TPSA) is 54.8 Å². The number of nitrogens with one attached hydrogen (secondary N) is 1. The van der Waals surface area contributed by atoms with Crippen LogP contribution in [0, 0.1) is 0 Å². The number of ketones is 1. The van der Waals surface area contributed by atoms with E-state index in [0.717, 1.165) is 29.7 Å². The number of nitrogens with zero attached hydrogens (tertiary/aromatic N) is 2. The van der Waals surface area contributed by atoms with Crippen LogP contribution in [0.5, 0.6) is 0 Å². The Morgan fingerprint density at radius 1 is 0.821 bits per heavy atom. The number of piperazine rings is 1. The Kier molecular flexibility index (Phi) is 5.33. The number of carbonyl (C=O) groups excluding carboxylic acids is 2. The van der Waals surface area contributed by atoms with E-state index in [1.54, 1.807) is 0 Å². The van der Waals surface area contributed by atoms with Crippen molar-refractivity contribution in [1.29, 1.82) is 0 Å². The average molecular weight is 374 g/mol. The van der Waals surface area contributed by atoms with Gasteiger partial charge in [0.15, 0.2) is 5.78 Å². The highest BCUT2D eigenvalue weighted by Gasteiger charge is 2.26. The zero-order valence-corrected chi connectivity index (χ0v) is 15.8. The van der Waals surface area contributed by atoms with Crippen molar-refractivity contribution in [2.75, 3.05) is 31.1 Å². The summed E-state index contributed by atoms with van der Waals surface area (Å²) in [4.78, 5) is 32.4. The number of aromatic nitrogens is 1.